The molecule has 1 rings (SSSR count). The lowest BCUT2D eigenvalue weighted by Gasteiger charge is -2.30. The molecule has 1 atom stereocenters. The van der Waals surface area contributed by atoms with Gasteiger partial charge < -0.3 is 5.11 Å². The molecule has 0 spiro atoms. The molecular weight excluding hydrogens is 338 g/mol. The molecule has 1 aromatic carbocycles. The molecule has 23 heavy (non-hydrogen) atoms. The van der Waals surface area contributed by atoms with E-state index in [4.69, 9.17) is 0 Å². The van der Waals surface area contributed by atoms with Gasteiger partial charge in [-0.25, -0.2) is 0 Å². The maximum atomic E-state index is 13.3. The normalized spacial score (nSPS) is 15.6. The third-order valence-electron chi connectivity index (χ3n) is 2.94. The summed E-state index contributed by atoms with van der Waals surface area (Å²) < 4.78 is 77.8. The monoisotopic (exact) mass is 354 g/mol. The quantitative estimate of drug-likeness (QED) is 0.463. The maximum absolute atomic E-state index is 13.3. The Bertz CT molecular complexity index is 618. The molecule has 1 aromatic rings. The Balaban J connectivity index is 3.35. The van der Waals surface area contributed by atoms with E-state index in [-0.39, 0.29) is 0 Å². The summed E-state index contributed by atoms with van der Waals surface area (Å²) in [6.45, 7) is 5.41. The third-order valence-corrected chi connectivity index (χ3v) is 3.87. The van der Waals surface area contributed by atoms with Crippen LogP contribution in [-0.4, -0.2) is 19.4 Å². The van der Waals surface area contributed by atoms with E-state index in [2.05, 4.69) is 11.5 Å². The topological polar surface area (TPSA) is 20.2 Å². The predicted molar refractivity (Wildman–Crippen MR) is 77.1 cm³/mol. The average molecular weight is 354 g/mol. The molecule has 128 valence electrons. The van der Waals surface area contributed by atoms with E-state index in [1.54, 1.807) is 19.6 Å². The minimum Gasteiger partial charge on any atom is -0.376 e. The molecule has 0 aliphatic carbocycles. The summed E-state index contributed by atoms with van der Waals surface area (Å²) in [7, 11) is -1.98. The fraction of sp³-hybridized carbons (Fsp3) is 0.467. The highest BCUT2D eigenvalue weighted by Gasteiger charge is 2.55. The van der Waals surface area contributed by atoms with E-state index >= 15 is 0 Å². The molecule has 0 saturated heterocycles. The van der Waals surface area contributed by atoms with E-state index in [1.807, 2.05) is 0 Å². The largest absolute Gasteiger partial charge is 0.422 e. The molecule has 1 unspecified atom stereocenters. The molecule has 1 nitrogen and oxygen atoms in total. The van der Waals surface area contributed by atoms with Gasteiger partial charge in [-0.05, 0) is 17.7 Å². The van der Waals surface area contributed by atoms with Crippen molar-refractivity contribution in [2.75, 3.05) is 0 Å². The van der Waals surface area contributed by atoms with Crippen molar-refractivity contribution in [3.8, 4) is 11.5 Å². The van der Waals surface area contributed by atoms with Crippen molar-refractivity contribution in [2.45, 2.75) is 44.0 Å². The second-order valence-corrected chi connectivity index (χ2v) is 10.9. The number of halogens is 6. The van der Waals surface area contributed by atoms with Gasteiger partial charge in [0.2, 0.25) is 0 Å². The first-order chi connectivity index (χ1) is 10.2. The second-order valence-electron chi connectivity index (χ2n) is 6.17. The Hall–Kier alpha value is -1.46. The Labute approximate surface area is 131 Å². The minimum atomic E-state index is -5.15. The highest BCUT2D eigenvalue weighted by molar-refractivity contribution is 6.83. The number of benzene rings is 1. The van der Waals surface area contributed by atoms with Gasteiger partial charge >= 0.3 is 12.4 Å². The van der Waals surface area contributed by atoms with Crippen LogP contribution in [0.2, 0.25) is 19.6 Å². The number of hydrogen-bond acceptors (Lipinski definition) is 1. The van der Waals surface area contributed by atoms with Crippen molar-refractivity contribution in [3.63, 3.8) is 0 Å². The van der Waals surface area contributed by atoms with Gasteiger partial charge in [-0.2, -0.15) is 26.3 Å². The lowest BCUT2D eigenvalue weighted by atomic mass is 9.89. The lowest BCUT2D eigenvalue weighted by molar-refractivity contribution is -0.264. The van der Waals surface area contributed by atoms with Crippen LogP contribution in [0.15, 0.2) is 24.3 Å². The maximum Gasteiger partial charge on any atom is 0.422 e. The molecule has 0 bridgehead atoms. The summed E-state index contributed by atoms with van der Waals surface area (Å²) in [5, 5.41) is 10.0. The van der Waals surface area contributed by atoms with E-state index in [9.17, 15) is 31.4 Å². The van der Waals surface area contributed by atoms with Gasteiger partial charge in [-0.3, -0.25) is 0 Å². The summed E-state index contributed by atoms with van der Waals surface area (Å²) in [5.41, 5.74) is -2.90. The van der Waals surface area contributed by atoms with Gasteiger partial charge in [0.15, 0.2) is 5.60 Å². The van der Waals surface area contributed by atoms with Crippen molar-refractivity contribution in [1.29, 1.82) is 0 Å². The summed E-state index contributed by atoms with van der Waals surface area (Å²) in [6, 6.07) is 2.61. The van der Waals surface area contributed by atoms with E-state index in [0.717, 1.165) is 12.1 Å². The molecule has 0 saturated carbocycles. The van der Waals surface area contributed by atoms with Gasteiger partial charge in [0.05, 0.1) is 12.0 Å². The summed E-state index contributed by atoms with van der Waals surface area (Å²) in [5.74, 6) is 2.29. The SMILES string of the molecule is C[Si](C)(C)C#CCC(O)(c1cccc(C(F)(F)F)c1)C(F)(F)F. The Morgan fingerprint density at radius 2 is 1.52 bits per heavy atom. The van der Waals surface area contributed by atoms with Crippen molar-refractivity contribution < 1.29 is 31.4 Å². The van der Waals surface area contributed by atoms with Crippen LogP contribution in [-0.2, 0) is 11.8 Å². The Morgan fingerprint density at radius 1 is 1.00 bits per heavy atom. The first-order valence-electron chi connectivity index (χ1n) is 6.64. The van der Waals surface area contributed by atoms with Crippen molar-refractivity contribution in [1.82, 2.24) is 0 Å². The van der Waals surface area contributed by atoms with Crippen LogP contribution in [0, 0.1) is 11.5 Å². The van der Waals surface area contributed by atoms with Crippen molar-refractivity contribution in [3.05, 3.63) is 35.4 Å². The van der Waals surface area contributed by atoms with Crippen LogP contribution in [0.1, 0.15) is 17.5 Å². The van der Waals surface area contributed by atoms with Crippen LogP contribution < -0.4 is 0 Å². The zero-order valence-electron chi connectivity index (χ0n) is 12.7. The molecule has 0 radical (unpaired) electrons. The van der Waals surface area contributed by atoms with Crippen LogP contribution in [0.4, 0.5) is 26.3 Å². The Kier molecular flexibility index (Phi) is 5.28. The van der Waals surface area contributed by atoms with Crippen LogP contribution >= 0.6 is 0 Å². The summed E-state index contributed by atoms with van der Waals surface area (Å²) in [6.07, 6.45) is -11.0. The fourth-order valence-corrected chi connectivity index (χ4v) is 2.37. The first kappa shape index (κ1) is 19.6. The van der Waals surface area contributed by atoms with Gasteiger partial charge in [0.25, 0.3) is 0 Å². The first-order valence-corrected chi connectivity index (χ1v) is 10.1. The molecule has 0 amide bonds. The van der Waals surface area contributed by atoms with Crippen molar-refractivity contribution >= 4 is 8.07 Å². The van der Waals surface area contributed by atoms with E-state index in [0.29, 0.717) is 12.1 Å². The Morgan fingerprint density at radius 3 is 1.96 bits per heavy atom. The van der Waals surface area contributed by atoms with Crippen molar-refractivity contribution in [2.24, 2.45) is 0 Å². The zero-order chi connectivity index (χ0) is 18.1. The standard InChI is InChI=1S/C15H16F6OSi/c1-23(2,3)9-5-8-13(22,15(19,20)21)11-6-4-7-12(10-11)14(16,17)18/h4,6-7,10,22H,8H2,1-3H3. The predicted octanol–water partition coefficient (Wildman–Crippen LogP) is 4.73. The average Bonchev–Trinajstić information content (AvgIpc) is 2.34. The minimum absolute atomic E-state index is 0.309. The summed E-state index contributed by atoms with van der Waals surface area (Å²) >= 11 is 0. The molecule has 0 fully saturated rings. The smallest absolute Gasteiger partial charge is 0.376 e. The lowest BCUT2D eigenvalue weighted by Crippen LogP contribution is -2.42. The zero-order valence-corrected chi connectivity index (χ0v) is 13.7. The summed E-state index contributed by atoms with van der Waals surface area (Å²) in [4.78, 5) is 0. The molecule has 0 aromatic heterocycles. The highest BCUT2D eigenvalue weighted by Crippen LogP contribution is 2.42. The van der Waals surface area contributed by atoms with Gasteiger partial charge in [-0.15, -0.1) is 11.5 Å². The van der Waals surface area contributed by atoms with E-state index in [1.165, 1.54) is 0 Å². The van der Waals surface area contributed by atoms with Gasteiger partial charge in [-0.1, -0.05) is 31.8 Å². The molecule has 0 aliphatic heterocycles. The van der Waals surface area contributed by atoms with E-state index < -0.39 is 43.6 Å². The van der Waals surface area contributed by atoms with Crippen LogP contribution in [0.25, 0.3) is 0 Å². The number of aliphatic hydroxyl groups is 1. The fourth-order valence-electron chi connectivity index (χ4n) is 1.76. The number of alkyl halides is 6. The molecular formula is C15H16F6OSi. The number of hydrogen-bond donors (Lipinski definition) is 1. The second kappa shape index (κ2) is 6.21. The molecule has 0 aliphatic rings. The molecule has 8 heteroatoms. The van der Waals surface area contributed by atoms with Gasteiger partial charge in [0, 0.05) is 0 Å². The van der Waals surface area contributed by atoms with Crippen LogP contribution in [0.3, 0.4) is 0 Å². The molecule has 0 heterocycles. The van der Waals surface area contributed by atoms with Gasteiger partial charge in [0.1, 0.15) is 8.07 Å². The van der Waals surface area contributed by atoms with Crippen LogP contribution in [0.5, 0.6) is 0 Å². The number of rotatable bonds is 2. The third kappa shape index (κ3) is 5.01. The highest BCUT2D eigenvalue weighted by atomic mass is 28.3. The molecule has 1 N–H and O–H groups in total.